The molecular weight excluding hydrogens is 425 g/mol. The van der Waals surface area contributed by atoms with Gasteiger partial charge in [0, 0.05) is 57.2 Å². The van der Waals surface area contributed by atoms with E-state index in [2.05, 4.69) is 30.6 Å². The minimum Gasteiger partial charge on any atom is -0.355 e. The minimum atomic E-state index is 0. The van der Waals surface area contributed by atoms with E-state index in [0.29, 0.717) is 6.04 Å². The van der Waals surface area contributed by atoms with E-state index >= 15 is 0 Å². The standard InChI is InChI=1S/C14H25N7S.HI/c1-15-14(16-4-5-20-6-8-22-9-7-20)19-12-2-3-13-17-11-18-21(13)10-12;/h11-12H,2-10H2,1H3,(H2,15,16,19);1H. The normalized spacial score (nSPS) is 22.1. The van der Waals surface area contributed by atoms with Crippen LogP contribution in [0.2, 0.25) is 0 Å². The van der Waals surface area contributed by atoms with E-state index in [-0.39, 0.29) is 24.0 Å². The fraction of sp³-hybridized carbons (Fsp3) is 0.786. The summed E-state index contributed by atoms with van der Waals surface area (Å²) in [7, 11) is 1.83. The van der Waals surface area contributed by atoms with Gasteiger partial charge in [0.1, 0.15) is 12.2 Å². The van der Waals surface area contributed by atoms with Crippen LogP contribution in [0.5, 0.6) is 0 Å². The second-order valence-corrected chi connectivity index (χ2v) is 6.92. The predicted octanol–water partition coefficient (Wildman–Crippen LogP) is 0.425. The molecule has 1 saturated heterocycles. The Morgan fingerprint density at radius 3 is 3.04 bits per heavy atom. The van der Waals surface area contributed by atoms with Gasteiger partial charge in [-0.15, -0.1) is 24.0 Å². The third kappa shape index (κ3) is 5.49. The SMILES string of the molecule is CN=C(NCCN1CCSCC1)NC1CCc2ncnn2C1.I. The highest BCUT2D eigenvalue weighted by Gasteiger charge is 2.20. The summed E-state index contributed by atoms with van der Waals surface area (Å²) < 4.78 is 1.99. The molecule has 9 heteroatoms. The maximum atomic E-state index is 4.33. The maximum Gasteiger partial charge on any atom is 0.191 e. The Hall–Kier alpha value is -0.550. The van der Waals surface area contributed by atoms with E-state index in [4.69, 9.17) is 0 Å². The number of thioether (sulfide) groups is 1. The first-order valence-electron chi connectivity index (χ1n) is 7.99. The van der Waals surface area contributed by atoms with Gasteiger partial charge < -0.3 is 10.6 Å². The zero-order valence-corrected chi connectivity index (χ0v) is 16.7. The summed E-state index contributed by atoms with van der Waals surface area (Å²) in [5.41, 5.74) is 0. The minimum absolute atomic E-state index is 0. The van der Waals surface area contributed by atoms with Gasteiger partial charge in [0.05, 0.1) is 6.54 Å². The molecule has 0 aromatic carbocycles. The fourth-order valence-corrected chi connectivity index (χ4v) is 3.88. The van der Waals surface area contributed by atoms with Gasteiger partial charge in [-0.1, -0.05) is 0 Å². The number of fused-ring (bicyclic) bond motifs is 1. The first-order chi connectivity index (χ1) is 10.8. The van der Waals surface area contributed by atoms with Crippen molar-refractivity contribution >= 4 is 41.7 Å². The van der Waals surface area contributed by atoms with Crippen LogP contribution in [0.1, 0.15) is 12.2 Å². The van der Waals surface area contributed by atoms with Crippen molar-refractivity contribution in [2.75, 3.05) is 44.7 Å². The van der Waals surface area contributed by atoms with Crippen molar-refractivity contribution < 1.29 is 0 Å². The highest BCUT2D eigenvalue weighted by molar-refractivity contribution is 14.0. The molecular formula is C14H26IN7S. The summed E-state index contributed by atoms with van der Waals surface area (Å²) >= 11 is 2.05. The Bertz CT molecular complexity index is 501. The molecule has 2 aliphatic heterocycles. The summed E-state index contributed by atoms with van der Waals surface area (Å²) in [5.74, 6) is 4.49. The number of halogens is 1. The Balaban J connectivity index is 0.00000192. The van der Waals surface area contributed by atoms with Crippen LogP contribution in [0.25, 0.3) is 0 Å². The van der Waals surface area contributed by atoms with Crippen molar-refractivity contribution in [3.05, 3.63) is 12.2 Å². The Labute approximate surface area is 159 Å². The lowest BCUT2D eigenvalue weighted by molar-refractivity contribution is 0.306. The smallest absolute Gasteiger partial charge is 0.191 e. The molecule has 0 saturated carbocycles. The number of guanidine groups is 1. The van der Waals surface area contributed by atoms with E-state index in [0.717, 1.165) is 44.3 Å². The lowest BCUT2D eigenvalue weighted by Crippen LogP contribution is -2.49. The van der Waals surface area contributed by atoms with Gasteiger partial charge in [0.15, 0.2) is 5.96 Å². The Morgan fingerprint density at radius 1 is 1.43 bits per heavy atom. The summed E-state index contributed by atoms with van der Waals surface area (Å²) in [4.78, 5) is 11.1. The zero-order valence-electron chi connectivity index (χ0n) is 13.6. The number of aryl methyl sites for hydroxylation is 1. The number of rotatable bonds is 4. The summed E-state index contributed by atoms with van der Waals surface area (Å²) in [6.45, 7) is 5.29. The summed E-state index contributed by atoms with van der Waals surface area (Å²) in [5, 5.41) is 11.2. The van der Waals surface area contributed by atoms with Crippen molar-refractivity contribution in [1.29, 1.82) is 0 Å². The lowest BCUT2D eigenvalue weighted by Gasteiger charge is -2.28. The molecule has 1 unspecified atom stereocenters. The molecule has 1 atom stereocenters. The molecule has 23 heavy (non-hydrogen) atoms. The number of hydrogen-bond acceptors (Lipinski definition) is 5. The van der Waals surface area contributed by atoms with Crippen LogP contribution in [0, 0.1) is 0 Å². The maximum absolute atomic E-state index is 4.33. The number of hydrogen-bond donors (Lipinski definition) is 2. The first-order valence-corrected chi connectivity index (χ1v) is 9.14. The second-order valence-electron chi connectivity index (χ2n) is 5.69. The molecule has 1 fully saturated rings. The molecule has 0 bridgehead atoms. The Morgan fingerprint density at radius 2 is 2.26 bits per heavy atom. The van der Waals surface area contributed by atoms with Crippen LogP contribution in [0.3, 0.4) is 0 Å². The molecule has 130 valence electrons. The van der Waals surface area contributed by atoms with Crippen LogP contribution in [-0.4, -0.2) is 76.4 Å². The van der Waals surface area contributed by atoms with E-state index in [1.165, 1.54) is 24.6 Å². The van der Waals surface area contributed by atoms with Gasteiger partial charge in [-0.3, -0.25) is 9.89 Å². The lowest BCUT2D eigenvalue weighted by atomic mass is 10.1. The molecule has 0 aliphatic carbocycles. The number of aromatic nitrogens is 3. The van der Waals surface area contributed by atoms with Crippen molar-refractivity contribution in [2.24, 2.45) is 4.99 Å². The Kier molecular flexibility index (Phi) is 7.90. The van der Waals surface area contributed by atoms with Crippen LogP contribution in [0.4, 0.5) is 0 Å². The average Bonchev–Trinajstić information content (AvgIpc) is 3.02. The quantitative estimate of drug-likeness (QED) is 0.393. The summed E-state index contributed by atoms with van der Waals surface area (Å²) in [6.07, 6.45) is 3.69. The van der Waals surface area contributed by atoms with Gasteiger partial charge in [0.25, 0.3) is 0 Å². The van der Waals surface area contributed by atoms with E-state index in [1.807, 2.05) is 23.5 Å². The fourth-order valence-electron chi connectivity index (χ4n) is 2.90. The molecule has 7 nitrogen and oxygen atoms in total. The third-order valence-electron chi connectivity index (χ3n) is 4.19. The zero-order chi connectivity index (χ0) is 15.2. The molecule has 3 heterocycles. The second kappa shape index (κ2) is 9.67. The molecule has 0 amide bonds. The van der Waals surface area contributed by atoms with Crippen LogP contribution in [-0.2, 0) is 13.0 Å². The predicted molar refractivity (Wildman–Crippen MR) is 106 cm³/mol. The van der Waals surface area contributed by atoms with Crippen molar-refractivity contribution in [3.8, 4) is 0 Å². The van der Waals surface area contributed by atoms with Gasteiger partial charge in [0.2, 0.25) is 0 Å². The highest BCUT2D eigenvalue weighted by Crippen LogP contribution is 2.11. The monoisotopic (exact) mass is 451 g/mol. The molecule has 2 aliphatic rings. The van der Waals surface area contributed by atoms with Crippen LogP contribution in [0.15, 0.2) is 11.3 Å². The van der Waals surface area contributed by atoms with Crippen molar-refractivity contribution in [3.63, 3.8) is 0 Å². The highest BCUT2D eigenvalue weighted by atomic mass is 127. The van der Waals surface area contributed by atoms with Gasteiger partial charge >= 0.3 is 0 Å². The van der Waals surface area contributed by atoms with Crippen molar-refractivity contribution in [2.45, 2.75) is 25.4 Å². The molecule has 1 aromatic rings. The van der Waals surface area contributed by atoms with Gasteiger partial charge in [-0.2, -0.15) is 16.9 Å². The number of nitrogens with one attached hydrogen (secondary N) is 2. The molecule has 3 rings (SSSR count). The first kappa shape index (κ1) is 18.8. The van der Waals surface area contributed by atoms with Crippen LogP contribution < -0.4 is 10.6 Å². The van der Waals surface area contributed by atoms with E-state index in [9.17, 15) is 0 Å². The van der Waals surface area contributed by atoms with Crippen molar-refractivity contribution in [1.82, 2.24) is 30.3 Å². The van der Waals surface area contributed by atoms with E-state index in [1.54, 1.807) is 6.33 Å². The average molecular weight is 451 g/mol. The molecule has 0 radical (unpaired) electrons. The van der Waals surface area contributed by atoms with Gasteiger partial charge in [-0.25, -0.2) is 9.67 Å². The molecule has 0 spiro atoms. The van der Waals surface area contributed by atoms with Crippen LogP contribution >= 0.6 is 35.7 Å². The number of aliphatic imine (C=N–C) groups is 1. The molecule has 1 aromatic heterocycles. The summed E-state index contributed by atoms with van der Waals surface area (Å²) in [6, 6.07) is 0.367. The topological polar surface area (TPSA) is 70.4 Å². The van der Waals surface area contributed by atoms with Gasteiger partial charge in [-0.05, 0) is 6.42 Å². The van der Waals surface area contributed by atoms with E-state index < -0.39 is 0 Å². The largest absolute Gasteiger partial charge is 0.355 e. The molecule has 2 N–H and O–H groups in total. The third-order valence-corrected chi connectivity index (χ3v) is 5.14. The number of nitrogens with zero attached hydrogens (tertiary/aromatic N) is 5.